The van der Waals surface area contributed by atoms with E-state index < -0.39 is 6.09 Å². The first kappa shape index (κ1) is 24.1. The van der Waals surface area contributed by atoms with Gasteiger partial charge in [0.15, 0.2) is 0 Å². The van der Waals surface area contributed by atoms with Gasteiger partial charge in [-0.3, -0.25) is 4.79 Å². The first-order valence-electron chi connectivity index (χ1n) is 13.1. The molecule has 1 aromatic carbocycles. The summed E-state index contributed by atoms with van der Waals surface area (Å²) in [6, 6.07) is 8.43. The standard InChI is InChI=1S/C27H38N4O4/c1-35-12-4-7-25(23-15-29-24-6-3-2-5-22(23)24)31(21-10-11-21)26(32)19-13-20(28-14-18-8-9-18)17-30(16-19)27(33)34/h2-3,5-6,15,18-21,25,28-29H,4,7-14,16-17H2,1H3,(H,33,34)/t19-,20+,25?/m1/s1. The molecule has 3 aliphatic rings. The largest absolute Gasteiger partial charge is 0.465 e. The number of ether oxygens (including phenoxy) is 1. The van der Waals surface area contributed by atoms with Gasteiger partial charge in [-0.2, -0.15) is 0 Å². The molecule has 2 aromatic rings. The van der Waals surface area contributed by atoms with Crippen LogP contribution in [-0.4, -0.2) is 77.3 Å². The van der Waals surface area contributed by atoms with Crippen molar-refractivity contribution in [3.8, 4) is 0 Å². The average molecular weight is 483 g/mol. The Labute approximate surface area is 207 Å². The monoisotopic (exact) mass is 482 g/mol. The van der Waals surface area contributed by atoms with Gasteiger partial charge in [0.1, 0.15) is 0 Å². The van der Waals surface area contributed by atoms with Crippen LogP contribution in [0.25, 0.3) is 10.9 Å². The van der Waals surface area contributed by atoms with E-state index in [1.807, 2.05) is 12.1 Å². The molecule has 2 heterocycles. The van der Waals surface area contributed by atoms with E-state index in [-0.39, 0.29) is 36.5 Å². The Bertz CT molecular complexity index is 1030. The lowest BCUT2D eigenvalue weighted by Crippen LogP contribution is -2.55. The number of hydrogen-bond donors (Lipinski definition) is 3. The van der Waals surface area contributed by atoms with Crippen molar-refractivity contribution in [2.45, 2.75) is 63.1 Å². The van der Waals surface area contributed by atoms with Crippen LogP contribution in [0.4, 0.5) is 4.79 Å². The molecule has 3 N–H and O–H groups in total. The number of carbonyl (C=O) groups is 2. The molecule has 3 atom stereocenters. The highest BCUT2D eigenvalue weighted by Gasteiger charge is 2.44. The minimum atomic E-state index is -0.938. The van der Waals surface area contributed by atoms with Crippen molar-refractivity contribution in [2.75, 3.05) is 33.4 Å². The zero-order valence-electron chi connectivity index (χ0n) is 20.6. The molecule has 8 nitrogen and oxygen atoms in total. The van der Waals surface area contributed by atoms with Gasteiger partial charge >= 0.3 is 6.09 Å². The summed E-state index contributed by atoms with van der Waals surface area (Å²) in [5.41, 5.74) is 2.22. The SMILES string of the molecule is COCCCC(c1c[nH]c2ccccc12)N(C(=O)[C@@H]1C[C@H](NCC2CC2)CN(C(=O)O)C1)C1CC1. The van der Waals surface area contributed by atoms with E-state index in [1.165, 1.54) is 17.7 Å². The summed E-state index contributed by atoms with van der Waals surface area (Å²) >= 11 is 0. The minimum Gasteiger partial charge on any atom is -0.465 e. The van der Waals surface area contributed by atoms with Crippen molar-refractivity contribution in [3.63, 3.8) is 0 Å². The molecule has 1 aliphatic heterocycles. The third-order valence-electron chi connectivity index (χ3n) is 7.80. The Balaban J connectivity index is 1.41. The predicted molar refractivity (Wildman–Crippen MR) is 134 cm³/mol. The lowest BCUT2D eigenvalue weighted by Gasteiger charge is -2.40. The number of nitrogens with one attached hydrogen (secondary N) is 2. The van der Waals surface area contributed by atoms with Crippen LogP contribution in [0.15, 0.2) is 30.5 Å². The maximum absolute atomic E-state index is 14.2. The maximum Gasteiger partial charge on any atom is 0.407 e. The third-order valence-corrected chi connectivity index (χ3v) is 7.80. The smallest absolute Gasteiger partial charge is 0.407 e. The van der Waals surface area contributed by atoms with Gasteiger partial charge in [-0.05, 0) is 69.0 Å². The van der Waals surface area contributed by atoms with Crippen molar-refractivity contribution in [3.05, 3.63) is 36.0 Å². The third kappa shape index (κ3) is 5.64. The first-order valence-corrected chi connectivity index (χ1v) is 13.1. The van der Waals surface area contributed by atoms with E-state index >= 15 is 0 Å². The number of aromatic amines is 1. The predicted octanol–water partition coefficient (Wildman–Crippen LogP) is 3.99. The summed E-state index contributed by atoms with van der Waals surface area (Å²) in [5, 5.41) is 14.5. The Morgan fingerprint density at radius 3 is 2.74 bits per heavy atom. The first-order chi connectivity index (χ1) is 17.0. The van der Waals surface area contributed by atoms with E-state index in [9.17, 15) is 14.7 Å². The fraction of sp³-hybridized carbons (Fsp3) is 0.630. The molecule has 1 saturated heterocycles. The second-order valence-corrected chi connectivity index (χ2v) is 10.6. The van der Waals surface area contributed by atoms with E-state index in [0.29, 0.717) is 25.5 Å². The summed E-state index contributed by atoms with van der Waals surface area (Å²) in [4.78, 5) is 33.1. The lowest BCUT2D eigenvalue weighted by molar-refractivity contribution is -0.141. The molecule has 8 heteroatoms. The summed E-state index contributed by atoms with van der Waals surface area (Å²) in [5.74, 6) is 0.482. The lowest BCUT2D eigenvalue weighted by atomic mass is 9.90. The molecule has 1 unspecified atom stereocenters. The number of piperidine rings is 1. The molecule has 35 heavy (non-hydrogen) atoms. The van der Waals surface area contributed by atoms with E-state index in [1.54, 1.807) is 7.11 Å². The normalized spacial score (nSPS) is 23.4. The second-order valence-electron chi connectivity index (χ2n) is 10.6. The molecule has 2 saturated carbocycles. The van der Waals surface area contributed by atoms with Gasteiger partial charge in [-0.25, -0.2) is 4.79 Å². The maximum atomic E-state index is 14.2. The van der Waals surface area contributed by atoms with Crippen LogP contribution < -0.4 is 5.32 Å². The minimum absolute atomic E-state index is 0.0236. The molecular formula is C27H38N4O4. The van der Waals surface area contributed by atoms with Crippen molar-refractivity contribution in [1.29, 1.82) is 0 Å². The van der Waals surface area contributed by atoms with Crippen LogP contribution in [0.5, 0.6) is 0 Å². The van der Waals surface area contributed by atoms with E-state index in [2.05, 4.69) is 33.5 Å². The molecule has 5 rings (SSSR count). The van der Waals surface area contributed by atoms with Gasteiger partial charge in [0.2, 0.25) is 5.91 Å². The van der Waals surface area contributed by atoms with Crippen LogP contribution in [0.2, 0.25) is 0 Å². The van der Waals surface area contributed by atoms with E-state index in [0.717, 1.165) is 48.7 Å². The van der Waals surface area contributed by atoms with Gasteiger partial charge in [-0.1, -0.05) is 18.2 Å². The average Bonchev–Trinajstić information content (AvgIpc) is 3.80. The number of carboxylic acid groups (broad SMARTS) is 1. The Hall–Kier alpha value is -2.58. The number of para-hydroxylation sites is 1. The van der Waals surface area contributed by atoms with Gasteiger partial charge in [-0.15, -0.1) is 0 Å². The topological polar surface area (TPSA) is 97.9 Å². The number of amides is 2. The number of carbonyl (C=O) groups excluding carboxylic acids is 1. The number of fused-ring (bicyclic) bond motifs is 1. The van der Waals surface area contributed by atoms with Crippen molar-refractivity contribution < 1.29 is 19.4 Å². The summed E-state index contributed by atoms with van der Waals surface area (Å²) in [6.07, 6.45) is 7.98. The second kappa shape index (κ2) is 10.6. The Kier molecular flexibility index (Phi) is 7.29. The fourth-order valence-corrected chi connectivity index (χ4v) is 5.62. The fourth-order valence-electron chi connectivity index (χ4n) is 5.62. The molecule has 2 amide bonds. The van der Waals surface area contributed by atoms with Gasteiger partial charge in [0, 0.05) is 56.0 Å². The number of rotatable bonds is 11. The Morgan fingerprint density at radius 1 is 1.23 bits per heavy atom. The van der Waals surface area contributed by atoms with E-state index in [4.69, 9.17) is 4.74 Å². The zero-order valence-corrected chi connectivity index (χ0v) is 20.6. The highest BCUT2D eigenvalue weighted by molar-refractivity contribution is 5.86. The number of hydrogen-bond acceptors (Lipinski definition) is 4. The quantitative estimate of drug-likeness (QED) is 0.421. The summed E-state index contributed by atoms with van der Waals surface area (Å²) < 4.78 is 5.34. The van der Waals surface area contributed by atoms with Crippen molar-refractivity contribution >= 4 is 22.9 Å². The number of methoxy groups -OCH3 is 1. The number of H-pyrrole nitrogens is 1. The highest BCUT2D eigenvalue weighted by Crippen LogP contribution is 2.41. The van der Waals surface area contributed by atoms with Crippen LogP contribution >= 0.6 is 0 Å². The summed E-state index contributed by atoms with van der Waals surface area (Å²) in [7, 11) is 1.71. The van der Waals surface area contributed by atoms with Crippen LogP contribution in [-0.2, 0) is 9.53 Å². The molecule has 0 radical (unpaired) electrons. The van der Waals surface area contributed by atoms with Crippen molar-refractivity contribution in [2.24, 2.45) is 11.8 Å². The number of nitrogens with zero attached hydrogens (tertiary/aromatic N) is 2. The van der Waals surface area contributed by atoms with Gasteiger partial charge in [0.25, 0.3) is 0 Å². The van der Waals surface area contributed by atoms with Gasteiger partial charge < -0.3 is 29.9 Å². The highest BCUT2D eigenvalue weighted by atomic mass is 16.5. The molecule has 190 valence electrons. The van der Waals surface area contributed by atoms with Crippen LogP contribution in [0.1, 0.15) is 56.6 Å². The number of benzene rings is 1. The number of likely N-dealkylation sites (tertiary alicyclic amines) is 1. The Morgan fingerprint density at radius 2 is 2.03 bits per heavy atom. The molecule has 2 aliphatic carbocycles. The van der Waals surface area contributed by atoms with Crippen molar-refractivity contribution in [1.82, 2.24) is 20.1 Å². The molecule has 3 fully saturated rings. The number of aromatic nitrogens is 1. The molecule has 1 aromatic heterocycles. The van der Waals surface area contributed by atoms with Gasteiger partial charge in [0.05, 0.1) is 12.0 Å². The zero-order chi connectivity index (χ0) is 24.4. The molecule has 0 spiro atoms. The van der Waals surface area contributed by atoms with Crippen LogP contribution in [0.3, 0.4) is 0 Å². The molecule has 0 bridgehead atoms. The van der Waals surface area contributed by atoms with Crippen LogP contribution in [0, 0.1) is 11.8 Å². The molecular weight excluding hydrogens is 444 g/mol. The summed E-state index contributed by atoms with van der Waals surface area (Å²) in [6.45, 7) is 2.29.